The van der Waals surface area contributed by atoms with Crippen LogP contribution in [0.1, 0.15) is 45.5 Å². The molecule has 43 heavy (non-hydrogen) atoms. The summed E-state index contributed by atoms with van der Waals surface area (Å²) >= 11 is 0. The molecule has 0 saturated heterocycles. The van der Waals surface area contributed by atoms with Crippen LogP contribution in [-0.4, -0.2) is 74.7 Å². The van der Waals surface area contributed by atoms with Gasteiger partial charge in [0.25, 0.3) is 0 Å². The number of carbonyl (C=O) groups is 1. The second kappa shape index (κ2) is 11.1. The number of nitrogens with zero attached hydrogens (tertiary/aromatic N) is 2. The first-order valence-electron chi connectivity index (χ1n) is 14.0. The predicted molar refractivity (Wildman–Crippen MR) is 156 cm³/mol. The van der Waals surface area contributed by atoms with Gasteiger partial charge >= 0.3 is 5.97 Å². The number of hydrogen-bond acceptors (Lipinski definition) is 9. The lowest BCUT2D eigenvalue weighted by Crippen LogP contribution is -2.41. The summed E-state index contributed by atoms with van der Waals surface area (Å²) in [6.45, 7) is 1.23. The van der Waals surface area contributed by atoms with Crippen molar-refractivity contribution in [2.75, 3.05) is 42.6 Å². The van der Waals surface area contributed by atoms with E-state index in [4.69, 9.17) is 4.74 Å². The fraction of sp³-hybridized carbons (Fsp3) is 0.333. The first-order chi connectivity index (χ1) is 20.4. The fourth-order valence-electron chi connectivity index (χ4n) is 6.41. The van der Waals surface area contributed by atoms with Gasteiger partial charge in [0.2, 0.25) is 5.36 Å². The molecule has 3 aromatic carbocycles. The van der Waals surface area contributed by atoms with Gasteiger partial charge in [-0.15, -0.1) is 0 Å². The van der Waals surface area contributed by atoms with Crippen LogP contribution in [0, 0.1) is 0 Å². The molecule has 13 heteroatoms. The molecule has 0 bridgehead atoms. The number of ether oxygens (including phenoxy) is 1. The Balaban J connectivity index is 1.61. The van der Waals surface area contributed by atoms with E-state index in [1.54, 1.807) is 24.3 Å². The zero-order valence-electron chi connectivity index (χ0n) is 23.1. The second-order valence-corrected chi connectivity index (χ2v) is 14.0. The lowest BCUT2D eigenvalue weighted by atomic mass is 9.85. The molecule has 0 aliphatic carbocycles. The van der Waals surface area contributed by atoms with E-state index >= 15 is 0 Å². The van der Waals surface area contributed by atoms with Gasteiger partial charge in [0, 0.05) is 53.2 Å². The van der Waals surface area contributed by atoms with Gasteiger partial charge in [-0.2, -0.15) is 0 Å². The van der Waals surface area contributed by atoms with Gasteiger partial charge < -0.3 is 23.8 Å². The summed E-state index contributed by atoms with van der Waals surface area (Å²) in [5, 5.41) is 11.5. The largest absolute Gasteiger partial charge is 0.748 e. The number of hydrogen-bond donors (Lipinski definition) is 1. The predicted octanol–water partition coefficient (Wildman–Crippen LogP) is 1.02. The molecule has 0 saturated carbocycles. The highest BCUT2D eigenvalue weighted by Gasteiger charge is 2.32. The van der Waals surface area contributed by atoms with Crippen LogP contribution in [0.3, 0.4) is 0 Å². The van der Waals surface area contributed by atoms with Crippen LogP contribution in [0.25, 0.3) is 5.57 Å². The van der Waals surface area contributed by atoms with Crippen LogP contribution in [0.15, 0.2) is 48.5 Å². The summed E-state index contributed by atoms with van der Waals surface area (Å²) < 4.78 is 77.0. The summed E-state index contributed by atoms with van der Waals surface area (Å²) in [6, 6.07) is 14.2. The van der Waals surface area contributed by atoms with Crippen LogP contribution < -0.4 is 24.8 Å². The monoisotopic (exact) mass is 625 g/mol. The average Bonchev–Trinajstić information content (AvgIpc) is 2.96. The number of benzene rings is 3. The Morgan fingerprint density at radius 1 is 0.884 bits per heavy atom. The number of aromatic carboxylic acids is 1. The Labute approximate surface area is 248 Å². The zero-order valence-corrected chi connectivity index (χ0v) is 24.7. The molecule has 226 valence electrons. The topological polar surface area (TPSA) is 167 Å². The number of fused-ring (bicyclic) bond motifs is 6. The van der Waals surface area contributed by atoms with E-state index < -0.39 is 37.7 Å². The van der Waals surface area contributed by atoms with E-state index in [0.717, 1.165) is 22.2 Å². The minimum absolute atomic E-state index is 0.0413. The Morgan fingerprint density at radius 2 is 1.63 bits per heavy atom. The van der Waals surface area contributed by atoms with Crippen molar-refractivity contribution in [3.63, 3.8) is 0 Å². The molecule has 0 amide bonds. The number of anilines is 1. The van der Waals surface area contributed by atoms with Crippen molar-refractivity contribution >= 4 is 37.5 Å². The van der Waals surface area contributed by atoms with Gasteiger partial charge in [-0.05, 0) is 49.1 Å². The van der Waals surface area contributed by atoms with Gasteiger partial charge in [-0.3, -0.25) is 0 Å². The molecule has 3 aliphatic heterocycles. The maximum absolute atomic E-state index is 12.3. The molecule has 0 radical (unpaired) electrons. The normalized spacial score (nSPS) is 16.1. The molecule has 3 heterocycles. The van der Waals surface area contributed by atoms with Crippen molar-refractivity contribution in [1.82, 2.24) is 4.58 Å². The first kappa shape index (κ1) is 29.3. The quantitative estimate of drug-likeness (QED) is 0.221. The second-order valence-electron chi connectivity index (χ2n) is 10.9. The van der Waals surface area contributed by atoms with Crippen molar-refractivity contribution in [3.05, 3.63) is 86.9 Å². The van der Waals surface area contributed by atoms with Gasteiger partial charge in [0.05, 0.1) is 32.8 Å². The van der Waals surface area contributed by atoms with Gasteiger partial charge in [-0.25, -0.2) is 26.2 Å². The Bertz CT molecular complexity index is 2010. The van der Waals surface area contributed by atoms with Gasteiger partial charge in [0.1, 0.15) is 28.2 Å². The van der Waals surface area contributed by atoms with Crippen LogP contribution in [0.5, 0.6) is 11.5 Å². The summed E-state index contributed by atoms with van der Waals surface area (Å²) in [5.41, 5.74) is 4.44. The molecule has 0 spiro atoms. The molecule has 1 N–H and O–H groups in total. The average molecular weight is 626 g/mol. The van der Waals surface area contributed by atoms with Crippen molar-refractivity contribution < 1.29 is 40.6 Å². The van der Waals surface area contributed by atoms with E-state index in [1.165, 1.54) is 0 Å². The van der Waals surface area contributed by atoms with Crippen molar-refractivity contribution in [1.29, 1.82) is 0 Å². The Morgan fingerprint density at radius 3 is 2.37 bits per heavy atom. The van der Waals surface area contributed by atoms with Crippen LogP contribution >= 0.6 is 0 Å². The van der Waals surface area contributed by atoms with Gasteiger partial charge in [0.15, 0.2) is 6.54 Å². The van der Waals surface area contributed by atoms with Crippen molar-refractivity contribution in [2.45, 2.75) is 25.7 Å². The van der Waals surface area contributed by atoms with E-state index in [9.17, 15) is 35.8 Å². The van der Waals surface area contributed by atoms with Gasteiger partial charge in [-0.1, -0.05) is 18.2 Å². The SMILES string of the molecule is O=C(O)c1ccccc1C1=c2ccc3c(c2Oc2c1ccc1c2CCCN1CCS(=O)(=O)[O-])CCC[N+]=3CCS(=O)(=O)[O-]. The molecule has 3 aromatic rings. The maximum atomic E-state index is 12.3. The van der Waals surface area contributed by atoms with Crippen LogP contribution in [0.4, 0.5) is 5.69 Å². The standard InChI is InChI=1S/C30H30N2O9S2/c33-30(34)20-6-2-1-5-19(20)27-23-9-11-25-21(7-3-13-31(25)15-17-42(35,36)37)28(23)41-29-22-8-4-14-32(16-18-43(38,39)40)26(22)12-10-24(27)29/h1-2,5-6,9-12H,3-4,7-8,13-18H2,(H2-,33,34,35,36,37,38,39,40)/p-1. The Hall–Kier alpha value is -3.78. The molecular weight excluding hydrogens is 596 g/mol. The molecule has 0 atom stereocenters. The molecule has 0 aromatic heterocycles. The highest BCUT2D eigenvalue weighted by atomic mass is 32.2. The lowest BCUT2D eigenvalue weighted by molar-refractivity contribution is 0.0696. The fourth-order valence-corrected chi connectivity index (χ4v) is 7.29. The number of rotatable bonds is 8. The molecular formula is C30H29N2O9S2-. The summed E-state index contributed by atoms with van der Waals surface area (Å²) in [6.07, 6.45) is 2.66. The molecule has 0 fully saturated rings. The molecule has 0 unspecified atom stereocenters. The molecule has 6 rings (SSSR count). The molecule has 3 aliphatic rings. The maximum Gasteiger partial charge on any atom is 0.336 e. The van der Waals surface area contributed by atoms with E-state index in [-0.39, 0.29) is 18.7 Å². The summed E-state index contributed by atoms with van der Waals surface area (Å²) in [4.78, 5) is 14.2. The number of carboxylic acid groups (broad SMARTS) is 1. The molecule has 11 nitrogen and oxygen atoms in total. The highest BCUT2D eigenvalue weighted by Crippen LogP contribution is 2.45. The van der Waals surface area contributed by atoms with Crippen LogP contribution in [-0.2, 0) is 33.1 Å². The third-order valence-electron chi connectivity index (χ3n) is 8.25. The van der Waals surface area contributed by atoms with Crippen LogP contribution in [0.2, 0.25) is 0 Å². The third kappa shape index (κ3) is 5.77. The Kier molecular flexibility index (Phi) is 7.53. The minimum atomic E-state index is -4.42. The van der Waals surface area contributed by atoms with E-state index in [1.807, 2.05) is 33.7 Å². The summed E-state index contributed by atoms with van der Waals surface area (Å²) in [5.74, 6) is -1.05. The smallest absolute Gasteiger partial charge is 0.336 e. The lowest BCUT2D eigenvalue weighted by Gasteiger charge is -2.35. The summed E-state index contributed by atoms with van der Waals surface area (Å²) in [7, 11) is -8.83. The zero-order chi connectivity index (χ0) is 30.5. The number of carboxylic acids is 1. The highest BCUT2D eigenvalue weighted by molar-refractivity contribution is 7.85. The van der Waals surface area contributed by atoms with Crippen molar-refractivity contribution in [3.8, 4) is 11.5 Å². The van der Waals surface area contributed by atoms with E-state index in [2.05, 4.69) is 0 Å². The minimum Gasteiger partial charge on any atom is -0.748 e. The van der Waals surface area contributed by atoms with Crippen molar-refractivity contribution in [2.24, 2.45) is 0 Å². The first-order valence-corrected chi connectivity index (χ1v) is 17.1. The van der Waals surface area contributed by atoms with E-state index in [0.29, 0.717) is 72.2 Å². The third-order valence-corrected chi connectivity index (χ3v) is 9.62.